The molecule has 0 aromatic heterocycles. The number of nitrogens with one attached hydrogen (secondary N) is 2. The van der Waals surface area contributed by atoms with E-state index in [-0.39, 0.29) is 11.8 Å². The van der Waals surface area contributed by atoms with E-state index in [1.807, 2.05) is 11.8 Å². The van der Waals surface area contributed by atoms with Gasteiger partial charge in [0.1, 0.15) is 0 Å². The van der Waals surface area contributed by atoms with Crippen LogP contribution in [-0.2, 0) is 10.0 Å². The molecule has 2 atom stereocenters. The van der Waals surface area contributed by atoms with Crippen LogP contribution in [-0.4, -0.2) is 43.8 Å². The minimum absolute atomic E-state index is 0.165. The van der Waals surface area contributed by atoms with Gasteiger partial charge in [-0.25, -0.2) is 13.1 Å². The van der Waals surface area contributed by atoms with Gasteiger partial charge in [-0.05, 0) is 44.4 Å². The van der Waals surface area contributed by atoms with Crippen LogP contribution < -0.4 is 10.0 Å². The Balaban J connectivity index is 2.18. The van der Waals surface area contributed by atoms with Crippen LogP contribution in [0.2, 0.25) is 0 Å². The van der Waals surface area contributed by atoms with Gasteiger partial charge in [0, 0.05) is 17.3 Å². The smallest absolute Gasteiger partial charge is 0.211 e. The monoisotopic (exact) mass is 322 g/mol. The van der Waals surface area contributed by atoms with Crippen molar-refractivity contribution in [2.45, 2.75) is 70.2 Å². The Labute approximate surface area is 128 Å². The first-order valence-corrected chi connectivity index (χ1v) is 10.5. The van der Waals surface area contributed by atoms with Crippen LogP contribution in [0.25, 0.3) is 0 Å². The second kappa shape index (κ2) is 9.28. The average Bonchev–Trinajstić information content (AvgIpc) is 2.75. The Bertz CT molecular complexity index is 358. The summed E-state index contributed by atoms with van der Waals surface area (Å²) in [5.74, 6) is 1.38. The van der Waals surface area contributed by atoms with E-state index in [2.05, 4.69) is 30.8 Å². The lowest BCUT2D eigenvalue weighted by molar-refractivity contribution is 0.541. The lowest BCUT2D eigenvalue weighted by Crippen LogP contribution is -2.35. The first-order valence-electron chi connectivity index (χ1n) is 7.78. The summed E-state index contributed by atoms with van der Waals surface area (Å²) in [6.07, 6.45) is 4.77. The second-order valence-corrected chi connectivity index (χ2v) is 9.29. The lowest BCUT2D eigenvalue weighted by atomic mass is 10.3. The van der Waals surface area contributed by atoms with Gasteiger partial charge < -0.3 is 5.32 Å². The highest BCUT2D eigenvalue weighted by molar-refractivity contribution is 7.99. The molecule has 0 bridgehead atoms. The van der Waals surface area contributed by atoms with Crippen molar-refractivity contribution < 1.29 is 8.42 Å². The predicted octanol–water partition coefficient (Wildman–Crippen LogP) is 2.36. The lowest BCUT2D eigenvalue weighted by Gasteiger charge is -2.14. The highest BCUT2D eigenvalue weighted by Gasteiger charge is 2.27. The summed E-state index contributed by atoms with van der Waals surface area (Å²) >= 11 is 1.95. The minimum atomic E-state index is -3.09. The van der Waals surface area contributed by atoms with Crippen molar-refractivity contribution in [1.82, 2.24) is 10.0 Å². The van der Waals surface area contributed by atoms with Crippen molar-refractivity contribution in [1.29, 1.82) is 0 Å². The van der Waals surface area contributed by atoms with Crippen LogP contribution in [0, 0.1) is 0 Å². The van der Waals surface area contributed by atoms with Crippen LogP contribution >= 0.6 is 11.8 Å². The molecular formula is C14H30N2O2S2. The van der Waals surface area contributed by atoms with Crippen LogP contribution in [0.5, 0.6) is 0 Å². The van der Waals surface area contributed by atoms with Crippen molar-refractivity contribution in [3.8, 4) is 0 Å². The maximum Gasteiger partial charge on any atom is 0.211 e. The van der Waals surface area contributed by atoms with Crippen LogP contribution in [0.4, 0.5) is 0 Å². The molecule has 0 saturated heterocycles. The summed E-state index contributed by atoms with van der Waals surface area (Å²) < 4.78 is 26.9. The molecule has 1 saturated carbocycles. The van der Waals surface area contributed by atoms with Gasteiger partial charge in [-0.3, -0.25) is 0 Å². The second-order valence-electron chi connectivity index (χ2n) is 5.84. The Morgan fingerprint density at radius 1 is 1.25 bits per heavy atom. The van der Waals surface area contributed by atoms with Gasteiger partial charge in [-0.1, -0.05) is 20.8 Å². The number of thioether (sulfide) groups is 1. The molecule has 1 fully saturated rings. The molecule has 2 unspecified atom stereocenters. The molecule has 0 aliphatic heterocycles. The molecule has 6 heteroatoms. The Morgan fingerprint density at radius 3 is 2.65 bits per heavy atom. The van der Waals surface area contributed by atoms with E-state index >= 15 is 0 Å². The van der Waals surface area contributed by atoms with E-state index in [1.165, 1.54) is 0 Å². The summed E-state index contributed by atoms with van der Waals surface area (Å²) in [5, 5.41) is 3.95. The number of sulfonamides is 1. The molecule has 1 rings (SSSR count). The van der Waals surface area contributed by atoms with E-state index < -0.39 is 10.0 Å². The van der Waals surface area contributed by atoms with Crippen molar-refractivity contribution in [3.05, 3.63) is 0 Å². The largest absolute Gasteiger partial charge is 0.315 e. The van der Waals surface area contributed by atoms with Crippen LogP contribution in [0.3, 0.4) is 0 Å². The molecule has 1 aliphatic rings. The number of rotatable bonds is 10. The molecule has 120 valence electrons. The quantitative estimate of drug-likeness (QED) is 0.606. The number of unbranched alkanes of at least 4 members (excludes halogenated alkanes) is 1. The van der Waals surface area contributed by atoms with Crippen LogP contribution in [0.15, 0.2) is 0 Å². The van der Waals surface area contributed by atoms with E-state index in [9.17, 15) is 8.42 Å². The van der Waals surface area contributed by atoms with Gasteiger partial charge in [-0.2, -0.15) is 11.8 Å². The third kappa shape index (κ3) is 7.86. The molecule has 4 nitrogen and oxygen atoms in total. The Hall–Kier alpha value is 0.220. The minimum Gasteiger partial charge on any atom is -0.315 e. The fourth-order valence-corrected chi connectivity index (χ4v) is 5.12. The number of hydrogen-bond acceptors (Lipinski definition) is 4. The van der Waals surface area contributed by atoms with Crippen LogP contribution in [0.1, 0.15) is 52.9 Å². The fourth-order valence-electron chi connectivity index (χ4n) is 2.55. The SMILES string of the molecule is CCSC1CCC(NS(=O)(=O)CCCCNC(C)C)C1. The standard InChI is InChI=1S/C14H30N2O2S2/c1-4-19-14-8-7-13(11-14)16-20(17,18)10-6-5-9-15-12(2)3/h12-16H,4-11H2,1-3H3. The molecule has 0 heterocycles. The maximum absolute atomic E-state index is 12.0. The maximum atomic E-state index is 12.0. The first-order chi connectivity index (χ1) is 9.43. The Morgan fingerprint density at radius 2 is 2.00 bits per heavy atom. The van der Waals surface area contributed by atoms with Crippen molar-refractivity contribution in [2.24, 2.45) is 0 Å². The van der Waals surface area contributed by atoms with E-state index in [0.717, 1.165) is 44.4 Å². The normalized spacial score (nSPS) is 23.6. The molecule has 0 aromatic carbocycles. The zero-order chi connectivity index (χ0) is 15.0. The Kier molecular flexibility index (Phi) is 8.48. The third-order valence-corrected chi connectivity index (χ3v) is 6.28. The molecular weight excluding hydrogens is 292 g/mol. The molecule has 0 amide bonds. The van der Waals surface area contributed by atoms with Gasteiger partial charge >= 0.3 is 0 Å². The molecule has 0 spiro atoms. The highest BCUT2D eigenvalue weighted by atomic mass is 32.2. The van der Waals surface area contributed by atoms with Gasteiger partial charge in [0.25, 0.3) is 0 Å². The number of hydrogen-bond donors (Lipinski definition) is 2. The summed E-state index contributed by atoms with van der Waals surface area (Å²) in [6, 6.07) is 0.633. The first kappa shape index (κ1) is 18.3. The van der Waals surface area contributed by atoms with Gasteiger partial charge in [-0.15, -0.1) is 0 Å². The van der Waals surface area contributed by atoms with Crippen molar-refractivity contribution >= 4 is 21.8 Å². The van der Waals surface area contributed by atoms with E-state index in [0.29, 0.717) is 11.3 Å². The average molecular weight is 323 g/mol. The van der Waals surface area contributed by atoms with Gasteiger partial charge in [0.15, 0.2) is 0 Å². The van der Waals surface area contributed by atoms with Crippen molar-refractivity contribution in [3.63, 3.8) is 0 Å². The summed E-state index contributed by atoms with van der Waals surface area (Å²) in [6.45, 7) is 7.26. The summed E-state index contributed by atoms with van der Waals surface area (Å²) in [4.78, 5) is 0. The zero-order valence-corrected chi connectivity index (χ0v) is 14.7. The molecule has 0 radical (unpaired) electrons. The molecule has 20 heavy (non-hydrogen) atoms. The third-order valence-electron chi connectivity index (χ3n) is 3.53. The van der Waals surface area contributed by atoms with Gasteiger partial charge in [0.2, 0.25) is 10.0 Å². The van der Waals surface area contributed by atoms with Crippen molar-refractivity contribution in [2.75, 3.05) is 18.1 Å². The fraction of sp³-hybridized carbons (Fsp3) is 1.00. The zero-order valence-electron chi connectivity index (χ0n) is 13.0. The van der Waals surface area contributed by atoms with E-state index in [4.69, 9.17) is 0 Å². The molecule has 0 aromatic rings. The summed E-state index contributed by atoms with van der Waals surface area (Å²) in [5.41, 5.74) is 0. The van der Waals surface area contributed by atoms with E-state index in [1.54, 1.807) is 0 Å². The predicted molar refractivity (Wildman–Crippen MR) is 88.9 cm³/mol. The highest BCUT2D eigenvalue weighted by Crippen LogP contribution is 2.30. The molecule has 2 N–H and O–H groups in total. The molecule has 1 aliphatic carbocycles. The topological polar surface area (TPSA) is 58.2 Å². The summed E-state index contributed by atoms with van der Waals surface area (Å²) in [7, 11) is -3.09. The van der Waals surface area contributed by atoms with Gasteiger partial charge in [0.05, 0.1) is 5.75 Å².